The van der Waals surface area contributed by atoms with Gasteiger partial charge in [-0.1, -0.05) is 140 Å². The zero-order chi connectivity index (χ0) is 36.0. The molecule has 0 amide bonds. The fourth-order valence-electron chi connectivity index (χ4n) is 8.65. The molecule has 0 N–H and O–H groups in total. The molecule has 0 aliphatic carbocycles. The molecule has 55 heavy (non-hydrogen) atoms. The molecule has 3 nitrogen and oxygen atoms in total. The lowest BCUT2D eigenvalue weighted by Crippen LogP contribution is -1.94. The summed E-state index contributed by atoms with van der Waals surface area (Å²) >= 11 is 1.82. The Balaban J connectivity index is 1.20. The van der Waals surface area contributed by atoms with Gasteiger partial charge >= 0.3 is 0 Å². The molecule has 12 aromatic rings. The molecule has 6 bridgehead atoms. The van der Waals surface area contributed by atoms with Crippen LogP contribution >= 0.6 is 11.3 Å². The minimum atomic E-state index is 0.659. The molecule has 0 unspecified atom stereocenters. The highest BCUT2D eigenvalue weighted by Crippen LogP contribution is 2.41. The van der Waals surface area contributed by atoms with Crippen molar-refractivity contribution < 1.29 is 0 Å². The molecular weight excluding hydrogens is 687 g/mol. The largest absolute Gasteiger partial charge is 0.208 e. The van der Waals surface area contributed by atoms with Crippen LogP contribution in [0, 0.1) is 0 Å². The van der Waals surface area contributed by atoms with Crippen LogP contribution in [0.4, 0.5) is 0 Å². The maximum atomic E-state index is 5.21. The average molecular weight is 716 g/mol. The van der Waals surface area contributed by atoms with Gasteiger partial charge in [0, 0.05) is 36.5 Å². The monoisotopic (exact) mass is 715 g/mol. The van der Waals surface area contributed by atoms with E-state index in [-0.39, 0.29) is 0 Å². The first kappa shape index (κ1) is 30.5. The Bertz CT molecular complexity index is 3570. The minimum absolute atomic E-state index is 0.659. The molecule has 0 fully saturated rings. The van der Waals surface area contributed by atoms with Gasteiger partial charge in [0.25, 0.3) is 0 Å². The second-order valence-corrected chi connectivity index (χ2v) is 15.4. The summed E-state index contributed by atoms with van der Waals surface area (Å²) in [6, 6.07) is 63.8. The molecule has 0 aliphatic rings. The van der Waals surface area contributed by atoms with E-state index in [1.165, 1.54) is 79.8 Å². The quantitative estimate of drug-likeness (QED) is 0.167. The summed E-state index contributed by atoms with van der Waals surface area (Å²) in [5.74, 6) is 0.664. The van der Waals surface area contributed by atoms with Gasteiger partial charge in [0.2, 0.25) is 0 Å². The van der Waals surface area contributed by atoms with Gasteiger partial charge in [-0.3, -0.25) is 0 Å². The summed E-state index contributed by atoms with van der Waals surface area (Å²) in [6.07, 6.45) is 0. The molecule has 0 saturated heterocycles. The molecule has 9 aromatic carbocycles. The number of nitrogens with zero attached hydrogens (tertiary/aromatic N) is 3. The van der Waals surface area contributed by atoms with E-state index >= 15 is 0 Å². The Morgan fingerprint density at radius 2 is 0.891 bits per heavy atom. The predicted octanol–water partition coefficient (Wildman–Crippen LogP) is 14.2. The van der Waals surface area contributed by atoms with Crippen LogP contribution in [-0.2, 0) is 0 Å². The van der Waals surface area contributed by atoms with Crippen molar-refractivity contribution in [1.82, 2.24) is 15.0 Å². The lowest BCUT2D eigenvalue weighted by atomic mass is 9.91. The van der Waals surface area contributed by atoms with Gasteiger partial charge in [0.05, 0.1) is 0 Å². The fraction of sp³-hybridized carbons (Fsp3) is 0. The molecule has 12 rings (SSSR count). The smallest absolute Gasteiger partial charge is 0.164 e. The molecule has 0 aliphatic heterocycles. The summed E-state index contributed by atoms with van der Waals surface area (Å²) in [7, 11) is 0. The molecule has 4 heteroatoms. The number of aromatic nitrogens is 3. The van der Waals surface area contributed by atoms with Crippen molar-refractivity contribution >= 4 is 107 Å². The van der Waals surface area contributed by atoms with Crippen LogP contribution in [-0.4, -0.2) is 15.0 Å². The Hall–Kier alpha value is -7.01. The van der Waals surface area contributed by atoms with E-state index < -0.39 is 0 Å². The second-order valence-electron chi connectivity index (χ2n) is 14.4. The van der Waals surface area contributed by atoms with Crippen LogP contribution < -0.4 is 0 Å². The van der Waals surface area contributed by atoms with E-state index in [1.807, 2.05) is 29.5 Å². The highest BCUT2D eigenvalue weighted by molar-refractivity contribution is 7.26. The summed E-state index contributed by atoms with van der Waals surface area (Å²) in [5.41, 5.74) is 4.66. The minimum Gasteiger partial charge on any atom is -0.208 e. The number of fused-ring (bicyclic) bond motifs is 16. The van der Waals surface area contributed by atoms with Gasteiger partial charge < -0.3 is 0 Å². The normalized spacial score (nSPS) is 12.0. The summed E-state index contributed by atoms with van der Waals surface area (Å²) in [4.78, 5) is 15.4. The molecular formula is C51H29N3S. The van der Waals surface area contributed by atoms with Gasteiger partial charge in [-0.2, -0.15) is 0 Å². The van der Waals surface area contributed by atoms with Crippen LogP contribution in [0.1, 0.15) is 0 Å². The van der Waals surface area contributed by atoms with E-state index in [4.69, 9.17) is 15.0 Å². The van der Waals surface area contributed by atoms with Crippen molar-refractivity contribution in [3.63, 3.8) is 0 Å². The van der Waals surface area contributed by atoms with Crippen molar-refractivity contribution in [2.45, 2.75) is 0 Å². The molecule has 0 radical (unpaired) electrons. The number of rotatable bonds is 2. The van der Waals surface area contributed by atoms with E-state index in [0.717, 1.165) is 21.7 Å². The van der Waals surface area contributed by atoms with Crippen molar-refractivity contribution in [1.29, 1.82) is 0 Å². The van der Waals surface area contributed by atoms with Crippen LogP contribution in [0.2, 0.25) is 0 Å². The van der Waals surface area contributed by atoms with Gasteiger partial charge in [-0.05, 0) is 101 Å². The van der Waals surface area contributed by atoms with Gasteiger partial charge in [0.1, 0.15) is 0 Å². The Kier molecular flexibility index (Phi) is 6.50. The van der Waals surface area contributed by atoms with Crippen LogP contribution in [0.3, 0.4) is 0 Å². The van der Waals surface area contributed by atoms with Gasteiger partial charge in [-0.15, -0.1) is 11.3 Å². The van der Waals surface area contributed by atoms with Crippen LogP contribution in [0.5, 0.6) is 0 Å². The third-order valence-corrected chi connectivity index (χ3v) is 12.4. The maximum Gasteiger partial charge on any atom is 0.164 e. The summed E-state index contributed by atoms with van der Waals surface area (Å²) in [6.45, 7) is 0. The van der Waals surface area contributed by atoms with Crippen molar-refractivity contribution in [3.05, 3.63) is 176 Å². The van der Waals surface area contributed by atoms with E-state index in [0.29, 0.717) is 17.1 Å². The van der Waals surface area contributed by atoms with Crippen molar-refractivity contribution in [2.75, 3.05) is 0 Å². The standard InChI is InChI=1S/C51H29N3S/c1-2-10-30(11-3-1)49-52-50-35-13-8-12-33(26-35)43-27-31(32-21-24-41-39-16-5-4-14-37(39)38-15-6-7-17-40(38)44(41)28-32)20-23-36(43)34-22-25-46-45(29-34)48-42(51(53-49)54-50)18-9-19-47(48)55-46/h1-29H. The highest BCUT2D eigenvalue weighted by Gasteiger charge is 2.14. The van der Waals surface area contributed by atoms with E-state index in [9.17, 15) is 0 Å². The zero-order valence-corrected chi connectivity index (χ0v) is 30.3. The van der Waals surface area contributed by atoms with Crippen molar-refractivity contribution in [2.24, 2.45) is 0 Å². The molecule has 3 aromatic heterocycles. The second kappa shape index (κ2) is 11.7. The number of hydrogen-bond donors (Lipinski definition) is 0. The SMILES string of the molecule is c1ccc(-c2nc3nc(n2)c2cccc4sc5ccc(cc5c42)c2ccc(-c4ccc5c6ccccc6c6ccccc6c5c4)cc2c2cccc3c2)cc1. The first-order valence-electron chi connectivity index (χ1n) is 18.6. The topological polar surface area (TPSA) is 38.7 Å². The predicted molar refractivity (Wildman–Crippen MR) is 235 cm³/mol. The summed E-state index contributed by atoms with van der Waals surface area (Å²) < 4.78 is 2.46. The van der Waals surface area contributed by atoms with Crippen LogP contribution in [0.15, 0.2) is 176 Å². The molecule has 0 atom stereocenters. The first-order chi connectivity index (χ1) is 27.2. The lowest BCUT2D eigenvalue weighted by molar-refractivity contribution is 1.18. The fourth-order valence-corrected chi connectivity index (χ4v) is 9.76. The zero-order valence-electron chi connectivity index (χ0n) is 29.5. The molecule has 0 saturated carbocycles. The average Bonchev–Trinajstić information content (AvgIpc) is 3.64. The maximum absolute atomic E-state index is 5.21. The third kappa shape index (κ3) is 4.72. The molecule has 3 heterocycles. The number of benzene rings is 9. The van der Waals surface area contributed by atoms with E-state index in [2.05, 4.69) is 158 Å². The number of thiophene rings is 1. The Morgan fingerprint density at radius 3 is 1.67 bits per heavy atom. The highest BCUT2D eigenvalue weighted by atomic mass is 32.1. The third-order valence-electron chi connectivity index (χ3n) is 11.2. The summed E-state index contributed by atoms with van der Waals surface area (Å²) in [5, 5.41) is 16.7. The van der Waals surface area contributed by atoms with Gasteiger partial charge in [-0.25, -0.2) is 15.0 Å². The van der Waals surface area contributed by atoms with Crippen molar-refractivity contribution in [3.8, 4) is 22.5 Å². The van der Waals surface area contributed by atoms with Gasteiger partial charge in [0.15, 0.2) is 17.1 Å². The van der Waals surface area contributed by atoms with Crippen LogP contribution in [0.25, 0.3) is 119 Å². The first-order valence-corrected chi connectivity index (χ1v) is 19.4. The number of hydrogen-bond acceptors (Lipinski definition) is 4. The Morgan fingerprint density at radius 1 is 0.291 bits per heavy atom. The molecule has 254 valence electrons. The lowest BCUT2D eigenvalue weighted by Gasteiger charge is -2.12. The molecule has 0 spiro atoms. The Labute approximate surface area is 319 Å². The van der Waals surface area contributed by atoms with E-state index in [1.54, 1.807) is 0 Å².